The molecule has 0 saturated heterocycles. The number of fused-ring (bicyclic) bond motifs is 7. The highest BCUT2D eigenvalue weighted by molar-refractivity contribution is 6.14. The zero-order valence-corrected chi connectivity index (χ0v) is 37.3. The summed E-state index contributed by atoms with van der Waals surface area (Å²) in [5.74, 6) is 0. The van der Waals surface area contributed by atoms with E-state index in [-0.39, 0.29) is 0 Å². The van der Waals surface area contributed by atoms with E-state index in [0.717, 1.165) is 17.1 Å². The number of aromatic nitrogens is 1. The molecule has 0 atom stereocenters. The Labute approximate surface area is 395 Å². The Hall–Kier alpha value is -8.98. The third-order valence-electron chi connectivity index (χ3n) is 13.8. The summed E-state index contributed by atoms with van der Waals surface area (Å²) in [7, 11) is 0. The average molecular weight is 865 g/mol. The van der Waals surface area contributed by atoms with Gasteiger partial charge in [-0.25, -0.2) is 0 Å². The van der Waals surface area contributed by atoms with Crippen LogP contribution in [0.15, 0.2) is 267 Å². The molecule has 2 nitrogen and oxygen atoms in total. The van der Waals surface area contributed by atoms with Crippen molar-refractivity contribution in [2.45, 2.75) is 0 Å². The first kappa shape index (κ1) is 39.4. The van der Waals surface area contributed by atoms with Crippen molar-refractivity contribution in [1.82, 2.24) is 4.57 Å². The van der Waals surface area contributed by atoms with Crippen LogP contribution in [-0.4, -0.2) is 4.57 Å². The van der Waals surface area contributed by atoms with Gasteiger partial charge in [0.1, 0.15) is 0 Å². The molecular formula is C66H44N2. The summed E-state index contributed by atoms with van der Waals surface area (Å²) >= 11 is 0. The van der Waals surface area contributed by atoms with Gasteiger partial charge in [0.15, 0.2) is 0 Å². The topological polar surface area (TPSA) is 8.17 Å². The molecule has 0 amide bonds. The van der Waals surface area contributed by atoms with E-state index in [0.29, 0.717) is 0 Å². The van der Waals surface area contributed by atoms with Gasteiger partial charge in [-0.2, -0.15) is 0 Å². The van der Waals surface area contributed by atoms with Gasteiger partial charge in [-0.05, 0) is 132 Å². The molecule has 0 aliphatic rings. The molecule has 2 heteroatoms. The van der Waals surface area contributed by atoms with Crippen LogP contribution in [-0.2, 0) is 0 Å². The van der Waals surface area contributed by atoms with Crippen LogP contribution in [0.1, 0.15) is 0 Å². The van der Waals surface area contributed by atoms with Crippen molar-refractivity contribution in [3.05, 3.63) is 267 Å². The monoisotopic (exact) mass is 864 g/mol. The van der Waals surface area contributed by atoms with Crippen molar-refractivity contribution < 1.29 is 0 Å². The Bertz CT molecular complexity index is 3930. The van der Waals surface area contributed by atoms with Crippen molar-refractivity contribution in [3.8, 4) is 50.2 Å². The van der Waals surface area contributed by atoms with E-state index < -0.39 is 0 Å². The summed E-state index contributed by atoms with van der Waals surface area (Å²) in [6, 6.07) is 97.3. The Kier molecular flexibility index (Phi) is 9.54. The quantitative estimate of drug-likeness (QED) is 0.138. The number of nitrogens with zero attached hydrogens (tertiary/aromatic N) is 2. The predicted molar refractivity (Wildman–Crippen MR) is 290 cm³/mol. The highest BCUT2D eigenvalue weighted by atomic mass is 15.1. The summed E-state index contributed by atoms with van der Waals surface area (Å²) in [6.07, 6.45) is 0. The number of benzene rings is 12. The molecule has 0 N–H and O–H groups in total. The standard InChI is InChI=1S/C66H44N2/c1-3-17-55-47(14-1)16-13-24-56(55)48-34-40-53(41-35-48)67(54-42-36-50(37-43-54)63-44-51-15-2-4-18-57(51)59-20-5-6-21-60(59)63)52-38-32-46(33-39-52)45-28-30-49(31-29-45)58-19-7-10-25-64(58)68-65-26-11-8-22-61(65)62-23-9-12-27-66(62)68/h1-44H. The van der Waals surface area contributed by atoms with Gasteiger partial charge in [-0.1, -0.05) is 206 Å². The van der Waals surface area contributed by atoms with E-state index in [1.54, 1.807) is 0 Å². The Morgan fingerprint density at radius 1 is 0.235 bits per heavy atom. The number of rotatable bonds is 8. The van der Waals surface area contributed by atoms with Gasteiger partial charge in [0.05, 0.1) is 16.7 Å². The van der Waals surface area contributed by atoms with Gasteiger partial charge < -0.3 is 9.47 Å². The number of para-hydroxylation sites is 3. The molecule has 0 radical (unpaired) electrons. The van der Waals surface area contributed by atoms with Crippen LogP contribution in [0.3, 0.4) is 0 Å². The zero-order valence-electron chi connectivity index (χ0n) is 37.3. The SMILES string of the molecule is c1ccc(-n2c3ccccc3c3ccccc32)c(-c2ccc(-c3ccc(N(c4ccc(-c5cccc6ccccc56)cc4)c4ccc(-c5cc6ccccc6c6ccccc56)cc4)cc3)cc2)c1. The first-order valence-electron chi connectivity index (χ1n) is 23.4. The molecule has 13 aromatic rings. The van der Waals surface area contributed by atoms with E-state index in [9.17, 15) is 0 Å². The van der Waals surface area contributed by atoms with Crippen molar-refractivity contribution in [3.63, 3.8) is 0 Å². The first-order valence-corrected chi connectivity index (χ1v) is 23.4. The number of anilines is 3. The summed E-state index contributed by atoms with van der Waals surface area (Å²) in [4.78, 5) is 2.37. The largest absolute Gasteiger partial charge is 0.311 e. The Balaban J connectivity index is 0.859. The van der Waals surface area contributed by atoms with Gasteiger partial charge in [-0.15, -0.1) is 0 Å². The summed E-state index contributed by atoms with van der Waals surface area (Å²) in [5.41, 5.74) is 16.5. The first-order chi connectivity index (χ1) is 33.7. The van der Waals surface area contributed by atoms with E-state index in [1.807, 2.05) is 0 Å². The van der Waals surface area contributed by atoms with Crippen LogP contribution in [0.5, 0.6) is 0 Å². The number of hydrogen-bond donors (Lipinski definition) is 0. The maximum atomic E-state index is 2.41. The fourth-order valence-electron chi connectivity index (χ4n) is 10.5. The lowest BCUT2D eigenvalue weighted by Crippen LogP contribution is -2.09. The van der Waals surface area contributed by atoms with Crippen LogP contribution in [0, 0.1) is 0 Å². The summed E-state index contributed by atoms with van der Waals surface area (Å²) in [6.45, 7) is 0. The summed E-state index contributed by atoms with van der Waals surface area (Å²) < 4.78 is 2.41. The minimum atomic E-state index is 1.09. The highest BCUT2D eigenvalue weighted by Gasteiger charge is 2.18. The lowest BCUT2D eigenvalue weighted by Gasteiger charge is -2.26. The number of hydrogen-bond acceptors (Lipinski definition) is 1. The normalized spacial score (nSPS) is 11.5. The molecule has 1 heterocycles. The Morgan fingerprint density at radius 3 is 1.26 bits per heavy atom. The third-order valence-corrected chi connectivity index (χ3v) is 13.8. The molecule has 0 aliphatic heterocycles. The minimum Gasteiger partial charge on any atom is -0.311 e. The van der Waals surface area contributed by atoms with Gasteiger partial charge >= 0.3 is 0 Å². The molecule has 0 aliphatic carbocycles. The second-order valence-electron chi connectivity index (χ2n) is 17.7. The molecule has 0 fully saturated rings. The molecule has 1 aromatic heterocycles. The highest BCUT2D eigenvalue weighted by Crippen LogP contribution is 2.42. The van der Waals surface area contributed by atoms with Crippen molar-refractivity contribution in [2.75, 3.05) is 4.90 Å². The maximum Gasteiger partial charge on any atom is 0.0541 e. The molecule has 0 bridgehead atoms. The van der Waals surface area contributed by atoms with Crippen LogP contribution in [0.4, 0.5) is 17.1 Å². The third kappa shape index (κ3) is 6.73. The van der Waals surface area contributed by atoms with E-state index in [4.69, 9.17) is 0 Å². The fourth-order valence-corrected chi connectivity index (χ4v) is 10.5. The predicted octanol–water partition coefficient (Wildman–Crippen LogP) is 18.4. The van der Waals surface area contributed by atoms with Gasteiger partial charge in [0.25, 0.3) is 0 Å². The van der Waals surface area contributed by atoms with Crippen molar-refractivity contribution in [1.29, 1.82) is 0 Å². The molecular weight excluding hydrogens is 821 g/mol. The van der Waals surface area contributed by atoms with Gasteiger partial charge in [-0.3, -0.25) is 0 Å². The van der Waals surface area contributed by atoms with Crippen LogP contribution in [0.2, 0.25) is 0 Å². The van der Waals surface area contributed by atoms with Crippen LogP contribution >= 0.6 is 0 Å². The van der Waals surface area contributed by atoms with Crippen LogP contribution < -0.4 is 4.90 Å². The summed E-state index contributed by atoms with van der Waals surface area (Å²) in [5, 5.41) is 10.1. The molecule has 0 unspecified atom stereocenters. The van der Waals surface area contributed by atoms with E-state index >= 15 is 0 Å². The molecule has 68 heavy (non-hydrogen) atoms. The molecule has 12 aromatic carbocycles. The lowest BCUT2D eigenvalue weighted by molar-refractivity contribution is 1.18. The minimum absolute atomic E-state index is 1.09. The van der Waals surface area contributed by atoms with Crippen molar-refractivity contribution in [2.24, 2.45) is 0 Å². The van der Waals surface area contributed by atoms with Gasteiger partial charge in [0.2, 0.25) is 0 Å². The fraction of sp³-hybridized carbons (Fsp3) is 0. The molecule has 0 spiro atoms. The second-order valence-corrected chi connectivity index (χ2v) is 17.7. The maximum absolute atomic E-state index is 2.41. The van der Waals surface area contributed by atoms with Gasteiger partial charge in [0, 0.05) is 33.4 Å². The van der Waals surface area contributed by atoms with E-state index in [1.165, 1.54) is 104 Å². The molecule has 318 valence electrons. The Morgan fingerprint density at radius 2 is 0.632 bits per heavy atom. The van der Waals surface area contributed by atoms with E-state index in [2.05, 4.69) is 276 Å². The van der Waals surface area contributed by atoms with Crippen LogP contribution in [0.25, 0.3) is 104 Å². The molecule has 0 saturated carbocycles. The zero-order chi connectivity index (χ0) is 45.0. The second kappa shape index (κ2) is 16.5. The smallest absolute Gasteiger partial charge is 0.0541 e. The van der Waals surface area contributed by atoms with Crippen molar-refractivity contribution >= 4 is 71.2 Å². The average Bonchev–Trinajstić information content (AvgIpc) is 3.75. The molecule has 13 rings (SSSR count). The lowest BCUT2D eigenvalue weighted by atomic mass is 9.93.